The number of hydrogen-bond acceptors (Lipinski definition) is 4. The number of hydrogen-bond donors (Lipinski definition) is 2. The van der Waals surface area contributed by atoms with Gasteiger partial charge in [-0.2, -0.15) is 13.2 Å². The average molecular weight is 305 g/mol. The van der Waals surface area contributed by atoms with Crippen molar-refractivity contribution in [3.05, 3.63) is 39.4 Å². The molecule has 6 nitrogen and oxygen atoms in total. The second kappa shape index (κ2) is 6.53. The van der Waals surface area contributed by atoms with Crippen LogP contribution in [-0.2, 0) is 11.2 Å². The molecule has 3 N–H and O–H groups in total. The highest BCUT2D eigenvalue weighted by Crippen LogP contribution is 2.28. The van der Waals surface area contributed by atoms with E-state index in [1.165, 1.54) is 25.1 Å². The lowest BCUT2D eigenvalue weighted by Crippen LogP contribution is -2.38. The minimum Gasteiger partial charge on any atom is -0.294 e. The summed E-state index contributed by atoms with van der Waals surface area (Å²) >= 11 is 0. The van der Waals surface area contributed by atoms with Crippen molar-refractivity contribution in [2.75, 3.05) is 0 Å². The SMILES string of the molecule is Cc1cc(CC(CC(F)(F)F)C(=O)NN)ccc1[N+](=O)[O-]. The molecule has 9 heteroatoms. The predicted molar refractivity (Wildman–Crippen MR) is 68.0 cm³/mol. The van der Waals surface area contributed by atoms with Crippen LogP contribution < -0.4 is 11.3 Å². The lowest BCUT2D eigenvalue weighted by Gasteiger charge is -2.17. The van der Waals surface area contributed by atoms with Gasteiger partial charge in [0.25, 0.3) is 5.69 Å². The smallest absolute Gasteiger partial charge is 0.294 e. The Morgan fingerprint density at radius 2 is 2.10 bits per heavy atom. The minimum atomic E-state index is -4.51. The third-order valence-corrected chi connectivity index (χ3v) is 2.93. The van der Waals surface area contributed by atoms with Crippen LogP contribution in [0.25, 0.3) is 0 Å². The Labute approximate surface area is 118 Å². The molecule has 0 fully saturated rings. The fraction of sp³-hybridized carbons (Fsp3) is 0.417. The first-order valence-corrected chi connectivity index (χ1v) is 5.95. The molecule has 0 saturated heterocycles. The van der Waals surface area contributed by atoms with E-state index in [0.29, 0.717) is 11.1 Å². The van der Waals surface area contributed by atoms with Crippen molar-refractivity contribution in [1.29, 1.82) is 0 Å². The Hall–Kier alpha value is -2.16. The van der Waals surface area contributed by atoms with E-state index in [9.17, 15) is 28.1 Å². The molecule has 1 unspecified atom stereocenters. The molecule has 0 heterocycles. The van der Waals surface area contributed by atoms with Crippen molar-refractivity contribution in [2.24, 2.45) is 11.8 Å². The molecule has 116 valence electrons. The number of nitro groups is 1. The zero-order valence-corrected chi connectivity index (χ0v) is 11.1. The first-order chi connectivity index (χ1) is 9.64. The standard InChI is InChI=1S/C12H14F3N3O3/c1-7-4-8(2-3-10(7)18(20)21)5-9(11(19)17-16)6-12(13,14)15/h2-4,9H,5-6,16H2,1H3,(H,17,19). The fourth-order valence-electron chi connectivity index (χ4n) is 1.99. The molecule has 0 bridgehead atoms. The van der Waals surface area contributed by atoms with Crippen molar-refractivity contribution in [3.8, 4) is 0 Å². The molecule has 1 amide bonds. The number of benzene rings is 1. The molecule has 1 atom stereocenters. The van der Waals surface area contributed by atoms with E-state index in [0.717, 1.165) is 0 Å². The zero-order valence-electron chi connectivity index (χ0n) is 11.1. The lowest BCUT2D eigenvalue weighted by atomic mass is 9.94. The van der Waals surface area contributed by atoms with Crippen LogP contribution in [0.5, 0.6) is 0 Å². The second-order valence-electron chi connectivity index (χ2n) is 4.61. The highest BCUT2D eigenvalue weighted by molar-refractivity contribution is 5.78. The van der Waals surface area contributed by atoms with Crippen LogP contribution in [-0.4, -0.2) is 17.0 Å². The molecule has 1 aromatic rings. The number of aryl methyl sites for hydroxylation is 1. The summed E-state index contributed by atoms with van der Waals surface area (Å²) < 4.78 is 37.3. The van der Waals surface area contributed by atoms with Gasteiger partial charge in [-0.25, -0.2) is 5.84 Å². The summed E-state index contributed by atoms with van der Waals surface area (Å²) in [4.78, 5) is 21.5. The van der Waals surface area contributed by atoms with Gasteiger partial charge in [-0.1, -0.05) is 6.07 Å². The average Bonchev–Trinajstić information content (AvgIpc) is 2.35. The normalized spacial score (nSPS) is 12.8. The van der Waals surface area contributed by atoms with Crippen molar-refractivity contribution >= 4 is 11.6 Å². The van der Waals surface area contributed by atoms with Crippen LogP contribution in [0.3, 0.4) is 0 Å². The number of amides is 1. The highest BCUT2D eigenvalue weighted by Gasteiger charge is 2.35. The molecule has 0 spiro atoms. The summed E-state index contributed by atoms with van der Waals surface area (Å²) in [5.41, 5.74) is 2.29. The molecule has 0 aliphatic heterocycles. The number of hydrazine groups is 1. The number of nitrogens with one attached hydrogen (secondary N) is 1. The Bertz CT molecular complexity index is 546. The highest BCUT2D eigenvalue weighted by atomic mass is 19.4. The maximum Gasteiger partial charge on any atom is 0.389 e. The van der Waals surface area contributed by atoms with E-state index in [4.69, 9.17) is 5.84 Å². The molecule has 1 rings (SSSR count). The van der Waals surface area contributed by atoms with Gasteiger partial charge in [0.1, 0.15) is 0 Å². The number of carbonyl (C=O) groups is 1. The van der Waals surface area contributed by atoms with Crippen LogP contribution in [0.2, 0.25) is 0 Å². The van der Waals surface area contributed by atoms with Crippen molar-refractivity contribution in [3.63, 3.8) is 0 Å². The summed E-state index contributed by atoms with van der Waals surface area (Å²) in [6.07, 6.45) is -6.03. The first kappa shape index (κ1) is 16.9. The Kier molecular flexibility index (Phi) is 5.25. The molecule has 0 saturated carbocycles. The van der Waals surface area contributed by atoms with E-state index >= 15 is 0 Å². The zero-order chi connectivity index (χ0) is 16.2. The van der Waals surface area contributed by atoms with E-state index < -0.39 is 29.3 Å². The molecule has 0 aliphatic rings. The van der Waals surface area contributed by atoms with E-state index in [1.54, 1.807) is 5.43 Å². The number of alkyl halides is 3. The van der Waals surface area contributed by atoms with Crippen LogP contribution >= 0.6 is 0 Å². The topological polar surface area (TPSA) is 98.3 Å². The third-order valence-electron chi connectivity index (χ3n) is 2.93. The van der Waals surface area contributed by atoms with Gasteiger partial charge in [-0.3, -0.25) is 20.3 Å². The Morgan fingerprint density at radius 3 is 2.52 bits per heavy atom. The summed E-state index contributed by atoms with van der Waals surface area (Å²) in [6, 6.07) is 3.93. The maximum absolute atomic E-state index is 12.4. The number of nitrogens with two attached hydrogens (primary N) is 1. The molecule has 0 aliphatic carbocycles. The molecular formula is C12H14F3N3O3. The largest absolute Gasteiger partial charge is 0.389 e. The summed E-state index contributed by atoms with van der Waals surface area (Å²) in [5.74, 6) is 2.58. The van der Waals surface area contributed by atoms with Gasteiger partial charge < -0.3 is 0 Å². The monoisotopic (exact) mass is 305 g/mol. The molecule has 21 heavy (non-hydrogen) atoms. The number of nitro benzene ring substituents is 1. The van der Waals surface area contributed by atoms with Gasteiger partial charge in [0, 0.05) is 11.6 Å². The number of nitrogens with zero attached hydrogens (tertiary/aromatic N) is 1. The number of carbonyl (C=O) groups excluding carboxylic acids is 1. The van der Waals surface area contributed by atoms with Gasteiger partial charge >= 0.3 is 6.18 Å². The predicted octanol–water partition coefficient (Wildman–Crippen LogP) is 2.00. The summed E-state index contributed by atoms with van der Waals surface area (Å²) in [5, 5.41) is 10.7. The van der Waals surface area contributed by atoms with E-state index in [1.807, 2.05) is 0 Å². The van der Waals surface area contributed by atoms with Crippen LogP contribution in [0.15, 0.2) is 18.2 Å². The number of halogens is 3. The maximum atomic E-state index is 12.4. The first-order valence-electron chi connectivity index (χ1n) is 5.95. The summed E-state index contributed by atoms with van der Waals surface area (Å²) in [7, 11) is 0. The van der Waals surface area contributed by atoms with Gasteiger partial charge in [0.15, 0.2) is 0 Å². The molecule has 1 aromatic carbocycles. The lowest BCUT2D eigenvalue weighted by molar-refractivity contribution is -0.385. The fourth-order valence-corrected chi connectivity index (χ4v) is 1.99. The number of rotatable bonds is 5. The van der Waals surface area contributed by atoms with Gasteiger partial charge in [0.2, 0.25) is 5.91 Å². The van der Waals surface area contributed by atoms with Gasteiger partial charge in [0.05, 0.1) is 17.3 Å². The second-order valence-corrected chi connectivity index (χ2v) is 4.61. The summed E-state index contributed by atoms with van der Waals surface area (Å²) in [6.45, 7) is 1.48. The van der Waals surface area contributed by atoms with Crippen molar-refractivity contribution < 1.29 is 22.9 Å². The van der Waals surface area contributed by atoms with E-state index in [-0.39, 0.29) is 12.1 Å². The van der Waals surface area contributed by atoms with Crippen LogP contribution in [0.1, 0.15) is 17.5 Å². The molecule has 0 radical (unpaired) electrons. The van der Waals surface area contributed by atoms with Crippen LogP contribution in [0.4, 0.5) is 18.9 Å². The van der Waals surface area contributed by atoms with E-state index in [2.05, 4.69) is 0 Å². The van der Waals surface area contributed by atoms with Gasteiger partial charge in [-0.15, -0.1) is 0 Å². The Balaban J connectivity index is 2.96. The Morgan fingerprint density at radius 1 is 1.48 bits per heavy atom. The quantitative estimate of drug-likeness (QED) is 0.376. The van der Waals surface area contributed by atoms with Gasteiger partial charge in [-0.05, 0) is 25.0 Å². The third kappa shape index (κ3) is 5.03. The van der Waals surface area contributed by atoms with Crippen molar-refractivity contribution in [2.45, 2.75) is 25.9 Å². The van der Waals surface area contributed by atoms with Crippen LogP contribution in [0, 0.1) is 23.0 Å². The minimum absolute atomic E-state index is 0.130. The molecular weight excluding hydrogens is 291 g/mol. The van der Waals surface area contributed by atoms with Crippen molar-refractivity contribution in [1.82, 2.24) is 5.43 Å². The molecule has 0 aromatic heterocycles.